The van der Waals surface area contributed by atoms with Crippen LogP contribution in [0.15, 0.2) is 0 Å². The van der Waals surface area contributed by atoms with Crippen molar-refractivity contribution in [2.45, 2.75) is 85.7 Å². The van der Waals surface area contributed by atoms with Crippen molar-refractivity contribution in [3.8, 4) is 0 Å². The van der Waals surface area contributed by atoms with Crippen molar-refractivity contribution in [3.05, 3.63) is 0 Å². The van der Waals surface area contributed by atoms with Gasteiger partial charge in [0.05, 0.1) is 6.10 Å². The first kappa shape index (κ1) is 16.0. The summed E-state index contributed by atoms with van der Waals surface area (Å²) in [5.74, 6) is 1.77. The molecule has 1 nitrogen and oxygen atoms in total. The number of hydrogen-bond donors (Lipinski definition) is 1. The van der Waals surface area contributed by atoms with Crippen LogP contribution in [0, 0.1) is 23.2 Å². The summed E-state index contributed by atoms with van der Waals surface area (Å²) in [7, 11) is 0. The molecule has 0 amide bonds. The lowest BCUT2D eigenvalue weighted by atomic mass is 9.72. The summed E-state index contributed by atoms with van der Waals surface area (Å²) in [6.45, 7) is 11.6. The molecule has 1 aliphatic carbocycles. The van der Waals surface area contributed by atoms with E-state index in [4.69, 9.17) is 0 Å². The smallest absolute Gasteiger partial charge is 0.0594 e. The first-order chi connectivity index (χ1) is 8.32. The zero-order valence-corrected chi connectivity index (χ0v) is 13.2. The van der Waals surface area contributed by atoms with Gasteiger partial charge < -0.3 is 5.11 Å². The molecule has 1 saturated carbocycles. The Morgan fingerprint density at radius 3 is 2.06 bits per heavy atom. The highest BCUT2D eigenvalue weighted by Gasteiger charge is 2.30. The van der Waals surface area contributed by atoms with E-state index in [2.05, 4.69) is 34.6 Å². The fraction of sp³-hybridized carbons (Fsp3) is 1.00. The van der Waals surface area contributed by atoms with Gasteiger partial charge in [-0.05, 0) is 48.9 Å². The quantitative estimate of drug-likeness (QED) is 0.705. The summed E-state index contributed by atoms with van der Waals surface area (Å²) in [4.78, 5) is 0. The molecule has 0 bridgehead atoms. The highest BCUT2D eigenvalue weighted by atomic mass is 16.3. The molecule has 1 heteroatoms. The third-order valence-corrected chi connectivity index (χ3v) is 4.55. The minimum absolute atomic E-state index is 0.0725. The molecule has 1 unspecified atom stereocenters. The molecule has 108 valence electrons. The zero-order valence-electron chi connectivity index (χ0n) is 13.2. The second-order valence-electron chi connectivity index (χ2n) is 7.83. The molecule has 0 spiro atoms. The molecule has 1 aliphatic rings. The van der Waals surface area contributed by atoms with Crippen LogP contribution in [-0.2, 0) is 0 Å². The van der Waals surface area contributed by atoms with Gasteiger partial charge in [-0.2, -0.15) is 0 Å². The Hall–Kier alpha value is -0.0400. The monoisotopic (exact) mass is 254 g/mol. The molecule has 0 radical (unpaired) electrons. The Bertz CT molecular complexity index is 226. The molecule has 18 heavy (non-hydrogen) atoms. The summed E-state index contributed by atoms with van der Waals surface area (Å²) in [5, 5.41) is 10.5. The van der Waals surface area contributed by atoms with Gasteiger partial charge in [0, 0.05) is 0 Å². The molecule has 0 aromatic carbocycles. The van der Waals surface area contributed by atoms with Crippen molar-refractivity contribution >= 4 is 0 Å². The summed E-state index contributed by atoms with van der Waals surface area (Å²) in [5.41, 5.74) is 0.364. The average molecular weight is 254 g/mol. The first-order valence-corrected chi connectivity index (χ1v) is 8.00. The van der Waals surface area contributed by atoms with E-state index in [1.807, 2.05) is 0 Å². The molecule has 0 heterocycles. The molecule has 1 fully saturated rings. The van der Waals surface area contributed by atoms with Crippen molar-refractivity contribution < 1.29 is 5.11 Å². The fourth-order valence-electron chi connectivity index (χ4n) is 4.12. The van der Waals surface area contributed by atoms with E-state index in [1.54, 1.807) is 0 Å². The highest BCUT2D eigenvalue weighted by molar-refractivity contribution is 4.81. The van der Waals surface area contributed by atoms with E-state index in [-0.39, 0.29) is 6.10 Å². The Balaban J connectivity index is 2.45. The molecule has 0 aromatic heterocycles. The van der Waals surface area contributed by atoms with Crippen LogP contribution in [0.5, 0.6) is 0 Å². The van der Waals surface area contributed by atoms with E-state index in [0.717, 1.165) is 12.3 Å². The van der Waals surface area contributed by atoms with Gasteiger partial charge in [0.25, 0.3) is 0 Å². The van der Waals surface area contributed by atoms with E-state index in [0.29, 0.717) is 17.3 Å². The number of hydrogen-bond acceptors (Lipinski definition) is 1. The van der Waals surface area contributed by atoms with Crippen molar-refractivity contribution in [1.29, 1.82) is 0 Å². The summed E-state index contributed by atoms with van der Waals surface area (Å²) >= 11 is 0. The van der Waals surface area contributed by atoms with E-state index < -0.39 is 0 Å². The third kappa shape index (κ3) is 5.30. The van der Waals surface area contributed by atoms with Crippen LogP contribution >= 0.6 is 0 Å². The maximum absolute atomic E-state index is 10.5. The summed E-state index contributed by atoms with van der Waals surface area (Å²) < 4.78 is 0. The van der Waals surface area contributed by atoms with Crippen LogP contribution in [0.3, 0.4) is 0 Å². The molecule has 0 aromatic rings. The van der Waals surface area contributed by atoms with Crippen molar-refractivity contribution in [3.63, 3.8) is 0 Å². The van der Waals surface area contributed by atoms with Gasteiger partial charge in [0.1, 0.15) is 0 Å². The van der Waals surface area contributed by atoms with Crippen LogP contribution < -0.4 is 0 Å². The van der Waals surface area contributed by atoms with Crippen LogP contribution in [0.4, 0.5) is 0 Å². The normalized spacial score (nSPS) is 22.2. The second-order valence-corrected chi connectivity index (χ2v) is 7.83. The lowest BCUT2D eigenvalue weighted by molar-refractivity contribution is 0.0199. The topological polar surface area (TPSA) is 20.2 Å². The van der Waals surface area contributed by atoms with Gasteiger partial charge in [0.15, 0.2) is 0 Å². The largest absolute Gasteiger partial charge is 0.393 e. The minimum atomic E-state index is -0.0725. The Morgan fingerprint density at radius 2 is 1.56 bits per heavy atom. The fourth-order valence-corrected chi connectivity index (χ4v) is 4.12. The van der Waals surface area contributed by atoms with Crippen molar-refractivity contribution in [1.82, 2.24) is 0 Å². The third-order valence-electron chi connectivity index (χ3n) is 4.55. The maximum atomic E-state index is 10.5. The summed E-state index contributed by atoms with van der Waals surface area (Å²) in [6, 6.07) is 0. The van der Waals surface area contributed by atoms with Crippen molar-refractivity contribution in [2.24, 2.45) is 23.2 Å². The Morgan fingerprint density at radius 1 is 1.00 bits per heavy atom. The summed E-state index contributed by atoms with van der Waals surface area (Å²) in [6.07, 6.45) is 8.85. The van der Waals surface area contributed by atoms with Gasteiger partial charge in [-0.25, -0.2) is 0 Å². The lowest BCUT2D eigenvalue weighted by Crippen LogP contribution is -2.32. The average Bonchev–Trinajstić information content (AvgIpc) is 2.26. The van der Waals surface area contributed by atoms with Gasteiger partial charge >= 0.3 is 0 Å². The maximum Gasteiger partial charge on any atom is 0.0594 e. The van der Waals surface area contributed by atoms with Crippen LogP contribution in [0.25, 0.3) is 0 Å². The predicted octanol–water partition coefficient (Wildman–Crippen LogP) is 5.03. The van der Waals surface area contributed by atoms with Crippen LogP contribution in [0.1, 0.15) is 79.6 Å². The van der Waals surface area contributed by atoms with Gasteiger partial charge in [-0.1, -0.05) is 53.9 Å². The molecular formula is C17H34O. The molecule has 2 atom stereocenters. The van der Waals surface area contributed by atoms with Gasteiger partial charge in [0.2, 0.25) is 0 Å². The number of aliphatic hydroxyl groups excluding tert-OH is 1. The van der Waals surface area contributed by atoms with Gasteiger partial charge in [-0.15, -0.1) is 0 Å². The van der Waals surface area contributed by atoms with E-state index >= 15 is 0 Å². The second kappa shape index (κ2) is 6.93. The SMILES string of the molecule is CC(C)CC(C)(C)C[C@@H](C)C(O)C1CCCCC1. The lowest BCUT2D eigenvalue weighted by Gasteiger charge is -2.35. The van der Waals surface area contributed by atoms with E-state index in [9.17, 15) is 5.11 Å². The van der Waals surface area contributed by atoms with Gasteiger partial charge in [-0.3, -0.25) is 0 Å². The minimum Gasteiger partial charge on any atom is -0.393 e. The van der Waals surface area contributed by atoms with Crippen LogP contribution in [0.2, 0.25) is 0 Å². The Kier molecular flexibility index (Phi) is 6.17. The molecule has 1 N–H and O–H groups in total. The molecule has 1 rings (SSSR count). The van der Waals surface area contributed by atoms with Crippen molar-refractivity contribution in [2.75, 3.05) is 0 Å². The van der Waals surface area contributed by atoms with Crippen LogP contribution in [-0.4, -0.2) is 11.2 Å². The number of aliphatic hydroxyl groups is 1. The molecular weight excluding hydrogens is 220 g/mol. The Labute approximate surface area is 114 Å². The van der Waals surface area contributed by atoms with E-state index in [1.165, 1.54) is 38.5 Å². The zero-order chi connectivity index (χ0) is 13.8. The molecule has 0 saturated heterocycles. The standard InChI is InChI=1S/C17H34O/c1-13(2)11-17(4,5)12-14(3)16(18)15-9-7-6-8-10-15/h13-16,18H,6-12H2,1-5H3/t14-,16?/m1/s1. The number of rotatable bonds is 6. The molecule has 0 aliphatic heterocycles. The predicted molar refractivity (Wildman–Crippen MR) is 79.6 cm³/mol. The first-order valence-electron chi connectivity index (χ1n) is 8.00. The highest BCUT2D eigenvalue weighted by Crippen LogP contribution is 2.37.